The van der Waals surface area contributed by atoms with Crippen molar-refractivity contribution in [1.29, 1.82) is 0 Å². The summed E-state index contributed by atoms with van der Waals surface area (Å²) in [7, 11) is 0. The van der Waals surface area contributed by atoms with Gasteiger partial charge in [0.1, 0.15) is 12.4 Å². The van der Waals surface area contributed by atoms with Crippen LogP contribution in [0, 0.1) is 5.92 Å². The lowest BCUT2D eigenvalue weighted by atomic mass is 10.1. The molecule has 1 heterocycles. The van der Waals surface area contributed by atoms with E-state index in [-0.39, 0.29) is 11.8 Å². The van der Waals surface area contributed by atoms with Gasteiger partial charge in [-0.05, 0) is 24.3 Å². The molecule has 2 aromatic rings. The maximum atomic E-state index is 11.8. The SMILES string of the molecule is CC(CN)C(=O)Nc1cccc(OCc2ccccn2)c1. The predicted molar refractivity (Wildman–Crippen MR) is 81.9 cm³/mol. The summed E-state index contributed by atoms with van der Waals surface area (Å²) in [5.74, 6) is 0.362. The monoisotopic (exact) mass is 285 g/mol. The summed E-state index contributed by atoms with van der Waals surface area (Å²) in [5.41, 5.74) is 7.02. The molecule has 0 aliphatic rings. The van der Waals surface area contributed by atoms with E-state index in [9.17, 15) is 4.79 Å². The molecule has 2 rings (SSSR count). The zero-order valence-corrected chi connectivity index (χ0v) is 12.0. The van der Waals surface area contributed by atoms with E-state index in [2.05, 4.69) is 10.3 Å². The molecule has 0 fully saturated rings. The maximum absolute atomic E-state index is 11.8. The van der Waals surface area contributed by atoms with E-state index in [0.717, 1.165) is 5.69 Å². The summed E-state index contributed by atoms with van der Waals surface area (Å²) in [5, 5.41) is 2.82. The highest BCUT2D eigenvalue weighted by molar-refractivity contribution is 5.92. The first-order valence-corrected chi connectivity index (χ1v) is 6.82. The van der Waals surface area contributed by atoms with Gasteiger partial charge in [-0.2, -0.15) is 0 Å². The molecule has 0 saturated carbocycles. The average molecular weight is 285 g/mol. The van der Waals surface area contributed by atoms with E-state index in [1.54, 1.807) is 19.2 Å². The van der Waals surface area contributed by atoms with E-state index in [1.807, 2.05) is 36.4 Å². The van der Waals surface area contributed by atoms with Crippen molar-refractivity contribution >= 4 is 11.6 Å². The molecule has 3 N–H and O–H groups in total. The zero-order valence-electron chi connectivity index (χ0n) is 12.0. The molecule has 1 aromatic carbocycles. The van der Waals surface area contributed by atoms with Gasteiger partial charge in [-0.15, -0.1) is 0 Å². The summed E-state index contributed by atoms with van der Waals surface area (Å²) in [6, 6.07) is 12.9. The van der Waals surface area contributed by atoms with Crippen molar-refractivity contribution in [3.05, 3.63) is 54.4 Å². The van der Waals surface area contributed by atoms with Gasteiger partial charge in [-0.3, -0.25) is 9.78 Å². The molecule has 0 saturated heterocycles. The number of nitrogens with one attached hydrogen (secondary N) is 1. The quantitative estimate of drug-likeness (QED) is 0.853. The molecular weight excluding hydrogens is 266 g/mol. The lowest BCUT2D eigenvalue weighted by Gasteiger charge is -2.11. The van der Waals surface area contributed by atoms with Crippen molar-refractivity contribution in [2.45, 2.75) is 13.5 Å². The largest absolute Gasteiger partial charge is 0.487 e. The Kier molecular flexibility index (Phi) is 5.29. The predicted octanol–water partition coefficient (Wildman–Crippen LogP) is 2.19. The first-order chi connectivity index (χ1) is 10.2. The lowest BCUT2D eigenvalue weighted by Crippen LogP contribution is -2.26. The lowest BCUT2D eigenvalue weighted by molar-refractivity contribution is -0.119. The van der Waals surface area contributed by atoms with Gasteiger partial charge in [0.2, 0.25) is 5.91 Å². The Morgan fingerprint density at radius 2 is 2.19 bits per heavy atom. The second kappa shape index (κ2) is 7.40. The fourth-order valence-electron chi connectivity index (χ4n) is 1.68. The Labute approximate surface area is 124 Å². The Balaban J connectivity index is 1.96. The van der Waals surface area contributed by atoms with Crippen molar-refractivity contribution in [3.8, 4) is 5.75 Å². The van der Waals surface area contributed by atoms with Gasteiger partial charge >= 0.3 is 0 Å². The number of anilines is 1. The van der Waals surface area contributed by atoms with Crippen LogP contribution in [-0.2, 0) is 11.4 Å². The number of hydrogen-bond donors (Lipinski definition) is 2. The van der Waals surface area contributed by atoms with E-state index >= 15 is 0 Å². The molecule has 0 radical (unpaired) electrons. The van der Waals surface area contributed by atoms with E-state index < -0.39 is 0 Å². The first-order valence-electron chi connectivity index (χ1n) is 6.82. The Hall–Kier alpha value is -2.40. The number of rotatable bonds is 6. The normalized spacial score (nSPS) is 11.7. The van der Waals surface area contributed by atoms with Crippen molar-refractivity contribution in [2.75, 3.05) is 11.9 Å². The first kappa shape index (κ1) is 15.0. The van der Waals surface area contributed by atoms with Crippen molar-refractivity contribution < 1.29 is 9.53 Å². The highest BCUT2D eigenvalue weighted by Gasteiger charge is 2.11. The minimum Gasteiger partial charge on any atom is -0.487 e. The molecule has 21 heavy (non-hydrogen) atoms. The van der Waals surface area contributed by atoms with Crippen LogP contribution >= 0.6 is 0 Å². The van der Waals surface area contributed by atoms with Gasteiger partial charge in [-0.25, -0.2) is 0 Å². The molecule has 110 valence electrons. The second-order valence-electron chi connectivity index (χ2n) is 4.76. The summed E-state index contributed by atoms with van der Waals surface area (Å²) >= 11 is 0. The molecule has 0 bridgehead atoms. The van der Waals surface area contributed by atoms with Crippen LogP contribution in [0.15, 0.2) is 48.7 Å². The zero-order chi connectivity index (χ0) is 15.1. The Bertz CT molecular complexity index is 587. The third-order valence-corrected chi connectivity index (χ3v) is 3.02. The van der Waals surface area contributed by atoms with Gasteiger partial charge in [0, 0.05) is 30.4 Å². The number of hydrogen-bond acceptors (Lipinski definition) is 4. The standard InChI is InChI=1S/C16H19N3O2/c1-12(10-17)16(20)19-13-6-4-7-15(9-13)21-11-14-5-2-3-8-18-14/h2-9,12H,10-11,17H2,1H3,(H,19,20). The van der Waals surface area contributed by atoms with E-state index in [0.29, 0.717) is 24.6 Å². The molecule has 0 aliphatic carbocycles. The van der Waals surface area contributed by atoms with Crippen LogP contribution < -0.4 is 15.8 Å². The number of ether oxygens (including phenoxy) is 1. The van der Waals surface area contributed by atoms with Crippen molar-refractivity contribution in [2.24, 2.45) is 11.7 Å². The summed E-state index contributed by atoms with van der Waals surface area (Å²) in [6.45, 7) is 2.50. The van der Waals surface area contributed by atoms with Crippen LogP contribution in [0.1, 0.15) is 12.6 Å². The number of carbonyl (C=O) groups excluding carboxylic acids is 1. The van der Waals surface area contributed by atoms with Crippen LogP contribution in [0.25, 0.3) is 0 Å². The van der Waals surface area contributed by atoms with Crippen LogP contribution in [0.3, 0.4) is 0 Å². The molecule has 1 unspecified atom stereocenters. The molecule has 1 aromatic heterocycles. The van der Waals surface area contributed by atoms with Crippen LogP contribution in [0.2, 0.25) is 0 Å². The topological polar surface area (TPSA) is 77.2 Å². The summed E-state index contributed by atoms with van der Waals surface area (Å²) < 4.78 is 5.66. The molecule has 5 nitrogen and oxygen atoms in total. The third kappa shape index (κ3) is 4.57. The molecular formula is C16H19N3O2. The minimum absolute atomic E-state index is 0.0978. The van der Waals surface area contributed by atoms with Gasteiger partial charge in [0.05, 0.1) is 5.69 Å². The molecule has 0 spiro atoms. The minimum atomic E-state index is -0.219. The number of aromatic nitrogens is 1. The van der Waals surface area contributed by atoms with Crippen LogP contribution in [0.5, 0.6) is 5.75 Å². The molecule has 0 aliphatic heterocycles. The van der Waals surface area contributed by atoms with Gasteiger partial charge in [0.25, 0.3) is 0 Å². The highest BCUT2D eigenvalue weighted by Crippen LogP contribution is 2.18. The fraction of sp³-hybridized carbons (Fsp3) is 0.250. The Morgan fingerprint density at radius 3 is 2.90 bits per heavy atom. The third-order valence-electron chi connectivity index (χ3n) is 3.02. The number of amides is 1. The van der Waals surface area contributed by atoms with E-state index in [1.165, 1.54) is 0 Å². The van der Waals surface area contributed by atoms with Gasteiger partial charge < -0.3 is 15.8 Å². The van der Waals surface area contributed by atoms with Gasteiger partial charge in [0.15, 0.2) is 0 Å². The molecule has 1 atom stereocenters. The highest BCUT2D eigenvalue weighted by atomic mass is 16.5. The molecule has 5 heteroatoms. The average Bonchev–Trinajstić information content (AvgIpc) is 2.53. The molecule has 1 amide bonds. The Morgan fingerprint density at radius 1 is 1.33 bits per heavy atom. The van der Waals surface area contributed by atoms with Crippen LogP contribution in [-0.4, -0.2) is 17.4 Å². The maximum Gasteiger partial charge on any atom is 0.228 e. The number of nitrogens with zero attached hydrogens (tertiary/aromatic N) is 1. The van der Waals surface area contributed by atoms with Crippen molar-refractivity contribution in [3.63, 3.8) is 0 Å². The number of carbonyl (C=O) groups is 1. The summed E-state index contributed by atoms with van der Waals surface area (Å²) in [4.78, 5) is 16.0. The van der Waals surface area contributed by atoms with E-state index in [4.69, 9.17) is 10.5 Å². The van der Waals surface area contributed by atoms with Gasteiger partial charge in [-0.1, -0.05) is 19.1 Å². The van der Waals surface area contributed by atoms with Crippen molar-refractivity contribution in [1.82, 2.24) is 4.98 Å². The van der Waals surface area contributed by atoms with Crippen LogP contribution in [0.4, 0.5) is 5.69 Å². The fourth-order valence-corrected chi connectivity index (χ4v) is 1.68. The number of nitrogens with two attached hydrogens (primary N) is 1. The number of benzene rings is 1. The summed E-state index contributed by atoms with van der Waals surface area (Å²) in [6.07, 6.45) is 1.73. The number of pyridine rings is 1. The smallest absolute Gasteiger partial charge is 0.228 e. The second-order valence-corrected chi connectivity index (χ2v) is 4.76.